The molecule has 2 aliphatic rings. The van der Waals surface area contributed by atoms with E-state index in [2.05, 4.69) is 0 Å². The van der Waals surface area contributed by atoms with Gasteiger partial charge in [-0.15, -0.1) is 0 Å². The van der Waals surface area contributed by atoms with E-state index in [1.54, 1.807) is 7.11 Å². The van der Waals surface area contributed by atoms with Crippen LogP contribution in [0.1, 0.15) is 57.4 Å². The maximum atomic E-state index is 12.8. The monoisotopic (exact) mass is 403 g/mol. The number of carbonyl (C=O) groups is 2. The quantitative estimate of drug-likeness (QED) is 0.758. The third-order valence-electron chi connectivity index (χ3n) is 6.22. The molecule has 1 heterocycles. The molecular formula is C23H33NO5. The third-order valence-corrected chi connectivity index (χ3v) is 6.22. The fourth-order valence-electron chi connectivity index (χ4n) is 4.47. The highest BCUT2D eigenvalue weighted by Gasteiger charge is 2.37. The molecule has 6 nitrogen and oxygen atoms in total. The second-order valence-corrected chi connectivity index (χ2v) is 8.37. The summed E-state index contributed by atoms with van der Waals surface area (Å²) >= 11 is 0. The molecule has 1 aliphatic carbocycles. The van der Waals surface area contributed by atoms with Gasteiger partial charge in [0.2, 0.25) is 0 Å². The second-order valence-electron chi connectivity index (χ2n) is 8.37. The van der Waals surface area contributed by atoms with Crippen molar-refractivity contribution in [3.8, 4) is 5.75 Å². The van der Waals surface area contributed by atoms with Gasteiger partial charge in [-0.3, -0.25) is 9.59 Å². The third kappa shape index (κ3) is 5.72. The van der Waals surface area contributed by atoms with Crippen molar-refractivity contribution in [1.29, 1.82) is 0 Å². The van der Waals surface area contributed by atoms with Gasteiger partial charge in [0.15, 0.2) is 0 Å². The Morgan fingerprint density at radius 1 is 1.10 bits per heavy atom. The van der Waals surface area contributed by atoms with Crippen LogP contribution in [0.4, 0.5) is 0 Å². The number of methoxy groups -OCH3 is 1. The second kappa shape index (κ2) is 10.1. The average molecular weight is 404 g/mol. The Kier molecular flexibility index (Phi) is 7.53. The van der Waals surface area contributed by atoms with Gasteiger partial charge in [-0.25, -0.2) is 0 Å². The molecule has 0 spiro atoms. The fourth-order valence-corrected chi connectivity index (χ4v) is 4.47. The van der Waals surface area contributed by atoms with Crippen molar-refractivity contribution in [3.05, 3.63) is 29.8 Å². The Hall–Kier alpha value is -2.08. The number of rotatable bonds is 5. The van der Waals surface area contributed by atoms with Gasteiger partial charge >= 0.3 is 11.9 Å². The van der Waals surface area contributed by atoms with E-state index in [-0.39, 0.29) is 17.8 Å². The minimum atomic E-state index is -0.622. The number of nitrogens with two attached hydrogens (primary N) is 1. The number of hydrogen-bond donors (Lipinski definition) is 1. The number of hydrogen-bond acceptors (Lipinski definition) is 6. The van der Waals surface area contributed by atoms with Gasteiger partial charge in [0.1, 0.15) is 24.0 Å². The lowest BCUT2D eigenvalue weighted by Crippen LogP contribution is -2.42. The number of benzene rings is 1. The lowest BCUT2D eigenvalue weighted by Gasteiger charge is -2.31. The first kappa shape index (κ1) is 21.6. The van der Waals surface area contributed by atoms with E-state index in [4.69, 9.17) is 19.9 Å². The smallest absolute Gasteiger partial charge is 0.323 e. The zero-order valence-electron chi connectivity index (χ0n) is 17.5. The molecule has 1 saturated carbocycles. The Balaban J connectivity index is 1.79. The molecule has 160 valence electrons. The highest BCUT2D eigenvalue weighted by molar-refractivity contribution is 5.76. The lowest BCUT2D eigenvalue weighted by atomic mass is 9.86. The van der Waals surface area contributed by atoms with Crippen LogP contribution in [0.3, 0.4) is 0 Å². The van der Waals surface area contributed by atoms with Crippen molar-refractivity contribution >= 4 is 11.9 Å². The van der Waals surface area contributed by atoms with Gasteiger partial charge in [0.25, 0.3) is 0 Å². The molecule has 0 bridgehead atoms. The van der Waals surface area contributed by atoms with Crippen molar-refractivity contribution in [2.45, 2.75) is 76.5 Å². The Bertz CT molecular complexity index is 683. The van der Waals surface area contributed by atoms with E-state index in [0.717, 1.165) is 56.3 Å². The van der Waals surface area contributed by atoms with E-state index in [9.17, 15) is 9.59 Å². The van der Waals surface area contributed by atoms with Gasteiger partial charge in [-0.2, -0.15) is 0 Å². The van der Waals surface area contributed by atoms with Gasteiger partial charge in [-0.05, 0) is 56.7 Å². The molecule has 1 aromatic carbocycles. The summed E-state index contributed by atoms with van der Waals surface area (Å²) in [5.41, 5.74) is 7.10. The summed E-state index contributed by atoms with van der Waals surface area (Å²) in [6.45, 7) is 1.81. The molecule has 1 aliphatic heterocycles. The van der Waals surface area contributed by atoms with Crippen LogP contribution in [0.25, 0.3) is 0 Å². The molecular weight excluding hydrogens is 370 g/mol. The van der Waals surface area contributed by atoms with Crippen LogP contribution >= 0.6 is 0 Å². The predicted molar refractivity (Wildman–Crippen MR) is 109 cm³/mol. The van der Waals surface area contributed by atoms with Gasteiger partial charge in [0.05, 0.1) is 13.0 Å². The molecule has 1 aromatic rings. The first-order chi connectivity index (χ1) is 14.0. The maximum Gasteiger partial charge on any atom is 0.323 e. The molecule has 0 amide bonds. The Morgan fingerprint density at radius 2 is 1.79 bits per heavy atom. The average Bonchev–Trinajstić information content (AvgIpc) is 3.26. The van der Waals surface area contributed by atoms with Crippen molar-refractivity contribution in [3.63, 3.8) is 0 Å². The van der Waals surface area contributed by atoms with Gasteiger partial charge in [-0.1, -0.05) is 31.4 Å². The van der Waals surface area contributed by atoms with E-state index < -0.39 is 24.2 Å². The topological polar surface area (TPSA) is 87.8 Å². The van der Waals surface area contributed by atoms with E-state index in [1.807, 2.05) is 31.2 Å². The molecule has 3 rings (SSSR count). The molecule has 2 N–H and O–H groups in total. The molecule has 0 radical (unpaired) electrons. The molecule has 0 aromatic heterocycles. The van der Waals surface area contributed by atoms with E-state index >= 15 is 0 Å². The molecule has 4 atom stereocenters. The van der Waals surface area contributed by atoms with Crippen LogP contribution in [0.15, 0.2) is 24.3 Å². The SMILES string of the molecule is COc1ccc(C[C@H]2CCC[C@H](N)C(=O)O[C@@H](C)[C@@H]2OC(=O)C2CCCC2)cc1. The maximum absolute atomic E-state index is 12.8. The first-order valence-corrected chi connectivity index (χ1v) is 10.8. The number of ether oxygens (including phenoxy) is 3. The molecule has 1 saturated heterocycles. The zero-order chi connectivity index (χ0) is 20.8. The van der Waals surface area contributed by atoms with E-state index in [0.29, 0.717) is 6.42 Å². The largest absolute Gasteiger partial charge is 0.497 e. The van der Waals surface area contributed by atoms with Crippen LogP contribution < -0.4 is 10.5 Å². The molecule has 6 heteroatoms. The van der Waals surface area contributed by atoms with Crippen LogP contribution in [0.2, 0.25) is 0 Å². The van der Waals surface area contributed by atoms with Crippen molar-refractivity contribution in [2.75, 3.05) is 7.11 Å². The summed E-state index contributed by atoms with van der Waals surface area (Å²) in [6, 6.07) is 7.31. The van der Waals surface area contributed by atoms with Gasteiger partial charge in [0, 0.05) is 5.92 Å². The predicted octanol–water partition coefficient (Wildman–Crippen LogP) is 3.40. The standard InChI is InChI=1S/C23H33NO5/c1-15-21(29-22(25)17-6-3-4-7-17)18(8-5-9-20(24)23(26)28-15)14-16-10-12-19(27-2)13-11-16/h10-13,15,17-18,20-21H,3-9,14,24H2,1-2H3/t15-,18+,20-,21-/m0/s1. The molecule has 0 unspecified atom stereocenters. The summed E-state index contributed by atoms with van der Waals surface area (Å²) in [5.74, 6) is 0.264. The normalized spacial score (nSPS) is 28.7. The van der Waals surface area contributed by atoms with Crippen LogP contribution in [0, 0.1) is 11.8 Å². The zero-order valence-corrected chi connectivity index (χ0v) is 17.5. The number of cyclic esters (lactones) is 1. The highest BCUT2D eigenvalue weighted by atomic mass is 16.6. The van der Waals surface area contributed by atoms with E-state index in [1.165, 1.54) is 0 Å². The Labute approximate surface area is 173 Å². The minimum absolute atomic E-state index is 0.0329. The van der Waals surface area contributed by atoms with Crippen LogP contribution in [-0.2, 0) is 25.5 Å². The number of esters is 2. The summed E-state index contributed by atoms with van der Waals surface area (Å²) < 4.78 is 16.9. The highest BCUT2D eigenvalue weighted by Crippen LogP contribution is 2.31. The summed E-state index contributed by atoms with van der Waals surface area (Å²) in [7, 11) is 1.64. The molecule has 29 heavy (non-hydrogen) atoms. The van der Waals surface area contributed by atoms with Crippen LogP contribution in [0.5, 0.6) is 5.75 Å². The van der Waals surface area contributed by atoms with Crippen LogP contribution in [-0.4, -0.2) is 37.3 Å². The fraction of sp³-hybridized carbons (Fsp3) is 0.652. The lowest BCUT2D eigenvalue weighted by molar-refractivity contribution is -0.174. The minimum Gasteiger partial charge on any atom is -0.497 e. The summed E-state index contributed by atoms with van der Waals surface area (Å²) in [4.78, 5) is 25.0. The first-order valence-electron chi connectivity index (χ1n) is 10.8. The number of carbonyl (C=O) groups excluding carboxylic acids is 2. The van der Waals surface area contributed by atoms with Crippen molar-refractivity contribution < 1.29 is 23.8 Å². The van der Waals surface area contributed by atoms with Crippen molar-refractivity contribution in [1.82, 2.24) is 0 Å². The van der Waals surface area contributed by atoms with Gasteiger partial charge < -0.3 is 19.9 Å². The Morgan fingerprint density at radius 3 is 2.45 bits per heavy atom. The summed E-state index contributed by atoms with van der Waals surface area (Å²) in [5, 5.41) is 0. The summed E-state index contributed by atoms with van der Waals surface area (Å²) in [6.07, 6.45) is 5.84. The molecule has 2 fully saturated rings. The van der Waals surface area contributed by atoms with Crippen molar-refractivity contribution in [2.24, 2.45) is 17.6 Å².